The van der Waals surface area contributed by atoms with Crippen molar-refractivity contribution >= 4 is 11.9 Å². The standard InChI is InChI=1S/C16H17N5O2/c1-22-11-6-4-10(5-7-11)12-9-13(14-3-2-8-23-14)21-16(18-12)19-15(17)20-21/h2-8,12-13H,9H2,1H3,(H3,17,18,19,20). The largest absolute Gasteiger partial charge is 0.497 e. The second kappa shape index (κ2) is 5.35. The quantitative estimate of drug-likeness (QED) is 0.772. The second-order valence-corrected chi connectivity index (χ2v) is 5.48. The molecule has 2 aromatic heterocycles. The zero-order chi connectivity index (χ0) is 15.8. The molecule has 0 bridgehead atoms. The van der Waals surface area contributed by atoms with Crippen LogP contribution in [0.4, 0.5) is 11.9 Å². The van der Waals surface area contributed by atoms with E-state index in [0.717, 1.165) is 23.5 Å². The molecule has 0 fully saturated rings. The maximum Gasteiger partial charge on any atom is 0.241 e. The number of nitrogens with zero attached hydrogens (tertiary/aromatic N) is 3. The number of hydrogen-bond donors (Lipinski definition) is 2. The van der Waals surface area contributed by atoms with Crippen molar-refractivity contribution in [3.8, 4) is 5.75 Å². The number of hydrogen-bond acceptors (Lipinski definition) is 6. The van der Waals surface area contributed by atoms with E-state index in [9.17, 15) is 0 Å². The van der Waals surface area contributed by atoms with Crippen molar-refractivity contribution in [1.29, 1.82) is 0 Å². The monoisotopic (exact) mass is 311 g/mol. The molecule has 2 atom stereocenters. The van der Waals surface area contributed by atoms with Gasteiger partial charge in [-0.15, -0.1) is 5.10 Å². The van der Waals surface area contributed by atoms with Gasteiger partial charge in [0, 0.05) is 6.42 Å². The lowest BCUT2D eigenvalue weighted by Crippen LogP contribution is -2.27. The maximum absolute atomic E-state index is 5.77. The fourth-order valence-electron chi connectivity index (χ4n) is 2.97. The summed E-state index contributed by atoms with van der Waals surface area (Å²) in [7, 11) is 1.66. The Morgan fingerprint density at radius 3 is 2.83 bits per heavy atom. The van der Waals surface area contributed by atoms with Crippen molar-refractivity contribution in [2.75, 3.05) is 18.2 Å². The molecule has 7 nitrogen and oxygen atoms in total. The Labute approximate surface area is 133 Å². The molecule has 0 saturated carbocycles. The highest BCUT2D eigenvalue weighted by Crippen LogP contribution is 2.38. The number of rotatable bonds is 3. The fraction of sp³-hybridized carbons (Fsp3) is 0.250. The van der Waals surface area contributed by atoms with Crippen LogP contribution in [-0.2, 0) is 0 Å². The maximum atomic E-state index is 5.77. The lowest BCUT2D eigenvalue weighted by molar-refractivity contribution is 0.358. The van der Waals surface area contributed by atoms with Crippen molar-refractivity contribution < 1.29 is 9.15 Å². The van der Waals surface area contributed by atoms with E-state index in [1.165, 1.54) is 0 Å². The highest BCUT2D eigenvalue weighted by atomic mass is 16.5. The van der Waals surface area contributed by atoms with Crippen molar-refractivity contribution in [3.63, 3.8) is 0 Å². The highest BCUT2D eigenvalue weighted by molar-refractivity contribution is 5.41. The van der Waals surface area contributed by atoms with E-state index in [-0.39, 0.29) is 18.0 Å². The summed E-state index contributed by atoms with van der Waals surface area (Å²) in [6.07, 6.45) is 2.45. The van der Waals surface area contributed by atoms with Crippen LogP contribution in [-0.4, -0.2) is 21.9 Å². The third-order valence-electron chi connectivity index (χ3n) is 4.09. The van der Waals surface area contributed by atoms with E-state index in [0.29, 0.717) is 5.95 Å². The molecule has 2 unspecified atom stereocenters. The van der Waals surface area contributed by atoms with Gasteiger partial charge in [0.2, 0.25) is 11.9 Å². The number of methoxy groups -OCH3 is 1. The molecule has 7 heteroatoms. The fourth-order valence-corrected chi connectivity index (χ4v) is 2.97. The SMILES string of the molecule is COc1ccc(C2CC(c3ccco3)n3nc(N)nc3N2)cc1. The minimum absolute atomic E-state index is 0.0434. The predicted octanol–water partition coefficient (Wildman–Crippen LogP) is 2.61. The molecule has 0 spiro atoms. The second-order valence-electron chi connectivity index (χ2n) is 5.48. The van der Waals surface area contributed by atoms with Crippen LogP contribution >= 0.6 is 0 Å². The number of fused-ring (bicyclic) bond motifs is 1. The molecule has 0 aliphatic carbocycles. The van der Waals surface area contributed by atoms with E-state index in [1.54, 1.807) is 18.1 Å². The molecule has 3 aromatic rings. The van der Waals surface area contributed by atoms with Crippen molar-refractivity contribution in [2.24, 2.45) is 0 Å². The summed E-state index contributed by atoms with van der Waals surface area (Å²) in [5.74, 6) is 2.58. The van der Waals surface area contributed by atoms with Crippen LogP contribution in [0.15, 0.2) is 47.1 Å². The van der Waals surface area contributed by atoms with Gasteiger partial charge in [0.1, 0.15) is 17.6 Å². The van der Waals surface area contributed by atoms with Gasteiger partial charge in [-0.1, -0.05) is 12.1 Å². The number of nitrogens with two attached hydrogens (primary N) is 1. The summed E-state index contributed by atoms with van der Waals surface area (Å²) in [5, 5.41) is 7.68. The molecule has 4 rings (SSSR count). The first kappa shape index (κ1) is 13.7. The molecule has 0 saturated heterocycles. The summed E-state index contributed by atoms with van der Waals surface area (Å²) >= 11 is 0. The van der Waals surface area contributed by atoms with Gasteiger partial charge in [0.05, 0.1) is 19.4 Å². The van der Waals surface area contributed by atoms with Gasteiger partial charge in [-0.25, -0.2) is 4.68 Å². The lowest BCUT2D eigenvalue weighted by atomic mass is 9.96. The molecule has 118 valence electrons. The first-order chi connectivity index (χ1) is 11.2. The first-order valence-electron chi connectivity index (χ1n) is 7.40. The average Bonchev–Trinajstić information content (AvgIpc) is 3.22. The normalized spacial score (nSPS) is 19.9. The molecule has 23 heavy (non-hydrogen) atoms. The zero-order valence-electron chi connectivity index (χ0n) is 12.6. The molecule has 3 heterocycles. The molecule has 1 aliphatic rings. The number of furan rings is 1. The van der Waals surface area contributed by atoms with Gasteiger partial charge in [0.25, 0.3) is 0 Å². The average molecular weight is 311 g/mol. The third-order valence-corrected chi connectivity index (χ3v) is 4.09. The summed E-state index contributed by atoms with van der Waals surface area (Å²) in [6.45, 7) is 0. The molecule has 1 aromatic carbocycles. The van der Waals surface area contributed by atoms with Crippen LogP contribution < -0.4 is 15.8 Å². The number of anilines is 2. The first-order valence-corrected chi connectivity index (χ1v) is 7.40. The number of ether oxygens (including phenoxy) is 1. The smallest absolute Gasteiger partial charge is 0.241 e. The minimum Gasteiger partial charge on any atom is -0.497 e. The molecule has 3 N–H and O–H groups in total. The number of nitrogen functional groups attached to an aromatic ring is 1. The van der Waals surface area contributed by atoms with Crippen molar-refractivity contribution in [3.05, 3.63) is 54.0 Å². The molecule has 1 aliphatic heterocycles. The molecule has 0 amide bonds. The van der Waals surface area contributed by atoms with E-state index >= 15 is 0 Å². The number of aromatic nitrogens is 3. The van der Waals surface area contributed by atoms with Gasteiger partial charge in [0.15, 0.2) is 0 Å². The van der Waals surface area contributed by atoms with Gasteiger partial charge in [-0.3, -0.25) is 0 Å². The lowest BCUT2D eigenvalue weighted by Gasteiger charge is -2.30. The minimum atomic E-state index is -0.0434. The van der Waals surface area contributed by atoms with Crippen molar-refractivity contribution in [2.45, 2.75) is 18.5 Å². The Morgan fingerprint density at radius 1 is 1.30 bits per heavy atom. The molecular weight excluding hydrogens is 294 g/mol. The van der Waals surface area contributed by atoms with Gasteiger partial charge in [-0.05, 0) is 29.8 Å². The van der Waals surface area contributed by atoms with E-state index in [1.807, 2.05) is 36.4 Å². The zero-order valence-corrected chi connectivity index (χ0v) is 12.6. The Balaban J connectivity index is 1.71. The van der Waals surface area contributed by atoms with Gasteiger partial charge < -0.3 is 20.2 Å². The predicted molar refractivity (Wildman–Crippen MR) is 85.3 cm³/mol. The Bertz CT molecular complexity index is 795. The van der Waals surface area contributed by atoms with Crippen molar-refractivity contribution in [1.82, 2.24) is 14.8 Å². The summed E-state index contributed by atoms with van der Waals surface area (Å²) in [5.41, 5.74) is 6.91. The van der Waals surface area contributed by atoms with Crippen LogP contribution in [0.5, 0.6) is 5.75 Å². The summed E-state index contributed by atoms with van der Waals surface area (Å²) in [4.78, 5) is 4.27. The van der Waals surface area contributed by atoms with Gasteiger partial charge >= 0.3 is 0 Å². The van der Waals surface area contributed by atoms with E-state index in [4.69, 9.17) is 14.9 Å². The number of nitrogens with one attached hydrogen (secondary N) is 1. The van der Waals surface area contributed by atoms with E-state index < -0.39 is 0 Å². The van der Waals surface area contributed by atoms with Gasteiger partial charge in [-0.2, -0.15) is 4.98 Å². The van der Waals surface area contributed by atoms with Crippen LogP contribution in [0.2, 0.25) is 0 Å². The van der Waals surface area contributed by atoms with Crippen LogP contribution in [0, 0.1) is 0 Å². The highest BCUT2D eigenvalue weighted by Gasteiger charge is 2.32. The third kappa shape index (κ3) is 2.40. The topological polar surface area (TPSA) is 91.1 Å². The van der Waals surface area contributed by atoms with Crippen LogP contribution in [0.3, 0.4) is 0 Å². The van der Waals surface area contributed by atoms with Crippen LogP contribution in [0.1, 0.15) is 29.8 Å². The summed E-state index contributed by atoms with van der Waals surface area (Å²) < 4.78 is 12.6. The Kier molecular flexibility index (Phi) is 3.18. The molecule has 0 radical (unpaired) electrons. The Hall–Kier alpha value is -2.96. The summed E-state index contributed by atoms with van der Waals surface area (Å²) in [6, 6.07) is 11.9. The van der Waals surface area contributed by atoms with E-state index in [2.05, 4.69) is 15.4 Å². The Morgan fingerprint density at radius 2 is 2.13 bits per heavy atom. The van der Waals surface area contributed by atoms with Crippen LogP contribution in [0.25, 0.3) is 0 Å². The molecular formula is C16H17N5O2. The number of benzene rings is 1.